The topological polar surface area (TPSA) is 26.3 Å². The van der Waals surface area contributed by atoms with Gasteiger partial charge in [-0.3, -0.25) is 4.79 Å². The van der Waals surface area contributed by atoms with Crippen molar-refractivity contribution in [3.05, 3.63) is 48.8 Å². The summed E-state index contributed by atoms with van der Waals surface area (Å²) in [5.41, 5.74) is 1.61. The molecule has 0 amide bonds. The third kappa shape index (κ3) is 4.55. The van der Waals surface area contributed by atoms with Gasteiger partial charge in [-0.15, -0.1) is 6.58 Å². The summed E-state index contributed by atoms with van der Waals surface area (Å²) in [5.74, 6) is 0.442. The van der Waals surface area contributed by atoms with E-state index in [2.05, 4.69) is 46.1 Å². The van der Waals surface area contributed by atoms with E-state index < -0.39 is 0 Å². The van der Waals surface area contributed by atoms with E-state index in [9.17, 15) is 4.79 Å². The molecule has 0 bridgehead atoms. The Morgan fingerprint density at radius 2 is 2.26 bits per heavy atom. The lowest BCUT2D eigenvalue weighted by molar-refractivity contribution is -0.137. The molecule has 0 fully saturated rings. The fourth-order valence-corrected chi connectivity index (χ4v) is 2.53. The molecule has 0 aromatic heterocycles. The molecule has 0 saturated heterocycles. The van der Waals surface area contributed by atoms with Crippen molar-refractivity contribution in [2.75, 3.05) is 0 Å². The third-order valence-electron chi connectivity index (χ3n) is 3.62. The summed E-state index contributed by atoms with van der Waals surface area (Å²) < 4.78 is 5.07. The van der Waals surface area contributed by atoms with Gasteiger partial charge >= 0.3 is 5.97 Å². The first kappa shape index (κ1) is 15.5. The SMILES string of the molecule is C=CCC(=O)OC(=C)C=CC1C(C)=CCCC1(C)C. The van der Waals surface area contributed by atoms with Crippen molar-refractivity contribution in [2.24, 2.45) is 11.3 Å². The van der Waals surface area contributed by atoms with Gasteiger partial charge in [0.25, 0.3) is 0 Å². The number of rotatable bonds is 5. The fourth-order valence-electron chi connectivity index (χ4n) is 2.53. The smallest absolute Gasteiger partial charge is 0.314 e. The average Bonchev–Trinajstić information content (AvgIpc) is 2.27. The first-order valence-electron chi connectivity index (χ1n) is 6.72. The summed E-state index contributed by atoms with van der Waals surface area (Å²) in [6, 6.07) is 0. The zero-order valence-electron chi connectivity index (χ0n) is 12.2. The van der Waals surface area contributed by atoms with E-state index in [0.29, 0.717) is 11.7 Å². The highest BCUT2D eigenvalue weighted by atomic mass is 16.5. The summed E-state index contributed by atoms with van der Waals surface area (Å²) in [7, 11) is 0. The molecule has 0 aromatic rings. The largest absolute Gasteiger partial charge is 0.427 e. The first-order valence-corrected chi connectivity index (χ1v) is 6.72. The van der Waals surface area contributed by atoms with Crippen molar-refractivity contribution in [1.82, 2.24) is 0 Å². The van der Waals surface area contributed by atoms with Crippen LogP contribution in [0.25, 0.3) is 0 Å². The van der Waals surface area contributed by atoms with Gasteiger partial charge in [0.1, 0.15) is 5.76 Å². The van der Waals surface area contributed by atoms with Gasteiger partial charge < -0.3 is 4.74 Å². The van der Waals surface area contributed by atoms with Crippen molar-refractivity contribution in [1.29, 1.82) is 0 Å². The lowest BCUT2D eigenvalue weighted by atomic mass is 9.68. The highest BCUT2D eigenvalue weighted by molar-refractivity contribution is 5.72. The zero-order chi connectivity index (χ0) is 14.5. The average molecular weight is 260 g/mol. The number of ether oxygens (including phenoxy) is 1. The van der Waals surface area contributed by atoms with Crippen LogP contribution in [0.3, 0.4) is 0 Å². The predicted molar refractivity (Wildman–Crippen MR) is 79.4 cm³/mol. The molecule has 1 aliphatic rings. The standard InChI is InChI=1S/C17H24O2/c1-6-8-16(18)19-14(3)10-11-15-13(2)9-7-12-17(15,4)5/h6,9-11,15H,1,3,7-8,12H2,2,4-5H3. The second-order valence-corrected chi connectivity index (χ2v) is 5.75. The van der Waals surface area contributed by atoms with E-state index >= 15 is 0 Å². The molecule has 19 heavy (non-hydrogen) atoms. The van der Waals surface area contributed by atoms with Gasteiger partial charge in [0, 0.05) is 5.92 Å². The summed E-state index contributed by atoms with van der Waals surface area (Å²) in [6.07, 6.45) is 10.2. The molecular weight excluding hydrogens is 236 g/mol. The van der Waals surface area contributed by atoms with Crippen LogP contribution >= 0.6 is 0 Å². The molecule has 0 heterocycles. The van der Waals surface area contributed by atoms with Gasteiger partial charge in [0.05, 0.1) is 6.42 Å². The van der Waals surface area contributed by atoms with Gasteiger partial charge in [-0.05, 0) is 31.3 Å². The number of carbonyl (C=O) groups is 1. The van der Waals surface area contributed by atoms with E-state index in [0.717, 1.165) is 6.42 Å². The summed E-state index contributed by atoms with van der Waals surface area (Å²) in [6.45, 7) is 13.9. The van der Waals surface area contributed by atoms with E-state index in [1.807, 2.05) is 0 Å². The van der Waals surface area contributed by atoms with Gasteiger partial charge in [0.2, 0.25) is 0 Å². The third-order valence-corrected chi connectivity index (χ3v) is 3.62. The second-order valence-electron chi connectivity index (χ2n) is 5.75. The molecule has 0 saturated carbocycles. The molecule has 104 valence electrons. The Morgan fingerprint density at radius 1 is 1.58 bits per heavy atom. The van der Waals surface area contributed by atoms with Gasteiger partial charge in [-0.2, -0.15) is 0 Å². The quantitative estimate of drug-likeness (QED) is 0.313. The number of hydrogen-bond acceptors (Lipinski definition) is 2. The van der Waals surface area contributed by atoms with Crippen LogP contribution in [0.4, 0.5) is 0 Å². The predicted octanol–water partition coefficient (Wildman–Crippen LogP) is 4.56. The summed E-state index contributed by atoms with van der Waals surface area (Å²) in [5, 5.41) is 0. The Balaban J connectivity index is 2.66. The maximum atomic E-state index is 11.3. The number of carbonyl (C=O) groups excluding carboxylic acids is 1. The van der Waals surface area contributed by atoms with Crippen molar-refractivity contribution in [2.45, 2.75) is 40.0 Å². The zero-order valence-corrected chi connectivity index (χ0v) is 12.2. The van der Waals surface area contributed by atoms with Crippen molar-refractivity contribution in [3.63, 3.8) is 0 Å². The molecule has 2 heteroatoms. The molecule has 0 aromatic carbocycles. The first-order chi connectivity index (χ1) is 8.86. The number of esters is 1. The van der Waals surface area contributed by atoms with Gasteiger partial charge in [-0.25, -0.2) is 0 Å². The minimum Gasteiger partial charge on any atom is -0.427 e. The second kappa shape index (κ2) is 6.55. The van der Waals surface area contributed by atoms with Crippen molar-refractivity contribution < 1.29 is 9.53 Å². The molecule has 1 atom stereocenters. The molecule has 0 radical (unpaired) electrons. The normalized spacial score (nSPS) is 21.8. The highest BCUT2D eigenvalue weighted by Crippen LogP contribution is 2.41. The number of allylic oxidation sites excluding steroid dienone is 4. The van der Waals surface area contributed by atoms with E-state index in [4.69, 9.17) is 4.74 Å². The Hall–Kier alpha value is -1.57. The Labute approximate surface area is 116 Å². The van der Waals surface area contributed by atoms with Crippen LogP contribution in [0.15, 0.2) is 48.8 Å². The Kier molecular flexibility index (Phi) is 5.34. The molecule has 1 aliphatic carbocycles. The molecular formula is C17H24O2. The van der Waals surface area contributed by atoms with Crippen molar-refractivity contribution in [3.8, 4) is 0 Å². The highest BCUT2D eigenvalue weighted by Gasteiger charge is 2.30. The van der Waals surface area contributed by atoms with E-state index in [-0.39, 0.29) is 17.8 Å². The summed E-state index contributed by atoms with van der Waals surface area (Å²) in [4.78, 5) is 11.3. The lowest BCUT2D eigenvalue weighted by Crippen LogP contribution is -2.26. The minimum atomic E-state index is -0.320. The van der Waals surface area contributed by atoms with Crippen LogP contribution in [0.2, 0.25) is 0 Å². The fraction of sp³-hybridized carbons (Fsp3) is 0.471. The van der Waals surface area contributed by atoms with Crippen LogP contribution in [-0.2, 0) is 9.53 Å². The van der Waals surface area contributed by atoms with E-state index in [1.165, 1.54) is 18.1 Å². The van der Waals surface area contributed by atoms with Crippen LogP contribution in [-0.4, -0.2) is 5.97 Å². The van der Waals surface area contributed by atoms with Gasteiger partial charge in [-0.1, -0.05) is 44.2 Å². The maximum Gasteiger partial charge on any atom is 0.314 e. The molecule has 0 spiro atoms. The number of hydrogen-bond donors (Lipinski definition) is 0. The summed E-state index contributed by atoms with van der Waals surface area (Å²) >= 11 is 0. The van der Waals surface area contributed by atoms with E-state index in [1.54, 1.807) is 6.08 Å². The van der Waals surface area contributed by atoms with Crippen LogP contribution in [0, 0.1) is 11.3 Å². The lowest BCUT2D eigenvalue weighted by Gasteiger charge is -2.36. The van der Waals surface area contributed by atoms with Crippen LogP contribution in [0.5, 0.6) is 0 Å². The molecule has 2 nitrogen and oxygen atoms in total. The van der Waals surface area contributed by atoms with Crippen LogP contribution < -0.4 is 0 Å². The van der Waals surface area contributed by atoms with Crippen LogP contribution in [0.1, 0.15) is 40.0 Å². The molecule has 1 unspecified atom stereocenters. The molecule has 0 N–H and O–H groups in total. The monoisotopic (exact) mass is 260 g/mol. The Morgan fingerprint density at radius 3 is 2.84 bits per heavy atom. The molecule has 0 aliphatic heterocycles. The maximum absolute atomic E-state index is 11.3. The minimum absolute atomic E-state index is 0.209. The van der Waals surface area contributed by atoms with Gasteiger partial charge in [0.15, 0.2) is 0 Å². The Bertz CT molecular complexity index is 425. The molecule has 1 rings (SSSR count). The van der Waals surface area contributed by atoms with Crippen molar-refractivity contribution >= 4 is 5.97 Å².